The molecule has 0 heterocycles. The predicted octanol–water partition coefficient (Wildman–Crippen LogP) is 0.516. The van der Waals surface area contributed by atoms with Gasteiger partial charge in [0.2, 0.25) is 5.78 Å². The fraction of sp³-hybridized carbons (Fsp3) is 0.750. The molecule has 0 aliphatic rings. The van der Waals surface area contributed by atoms with Crippen molar-refractivity contribution >= 4 is 11.7 Å². The van der Waals surface area contributed by atoms with Gasteiger partial charge in [0.15, 0.2) is 0 Å². The van der Waals surface area contributed by atoms with E-state index in [1.807, 2.05) is 5.43 Å². The van der Waals surface area contributed by atoms with Crippen LogP contribution in [0.15, 0.2) is 0 Å². The van der Waals surface area contributed by atoms with Crippen molar-refractivity contribution in [3.63, 3.8) is 0 Å². The van der Waals surface area contributed by atoms with Crippen LogP contribution in [0.3, 0.4) is 0 Å². The molecule has 0 aliphatic heterocycles. The molecule has 0 bridgehead atoms. The molecule has 0 unspecified atom stereocenters. The van der Waals surface area contributed by atoms with E-state index in [1.54, 1.807) is 0 Å². The second-order valence-corrected chi connectivity index (χ2v) is 2.71. The third-order valence-corrected chi connectivity index (χ3v) is 1.64. The zero-order chi connectivity index (χ0) is 9.40. The number of ketones is 1. The molecule has 0 aromatic rings. The topological polar surface area (TPSA) is 72.2 Å². The minimum absolute atomic E-state index is 0.309. The summed E-state index contributed by atoms with van der Waals surface area (Å²) < 4.78 is 0. The number of carbonyl (C=O) groups is 2. The van der Waals surface area contributed by atoms with Crippen molar-refractivity contribution in [2.45, 2.75) is 39.0 Å². The molecule has 0 rings (SSSR count). The van der Waals surface area contributed by atoms with Crippen molar-refractivity contribution in [2.75, 3.05) is 0 Å². The summed E-state index contributed by atoms with van der Waals surface area (Å²) >= 11 is 0. The first-order chi connectivity index (χ1) is 5.72. The average molecular weight is 172 g/mol. The zero-order valence-electron chi connectivity index (χ0n) is 7.43. The molecule has 0 saturated heterocycles. The highest BCUT2D eigenvalue weighted by Gasteiger charge is 2.09. The van der Waals surface area contributed by atoms with Crippen molar-refractivity contribution in [3.05, 3.63) is 0 Å². The number of carbonyl (C=O) groups excluding carboxylic acids is 2. The van der Waals surface area contributed by atoms with E-state index in [1.165, 1.54) is 0 Å². The van der Waals surface area contributed by atoms with Crippen LogP contribution in [-0.2, 0) is 9.59 Å². The van der Waals surface area contributed by atoms with Gasteiger partial charge in [-0.2, -0.15) is 0 Å². The molecule has 0 atom stereocenters. The lowest BCUT2D eigenvalue weighted by Gasteiger charge is -1.98. The van der Waals surface area contributed by atoms with Gasteiger partial charge in [-0.3, -0.25) is 15.0 Å². The Morgan fingerprint density at radius 2 is 1.92 bits per heavy atom. The Morgan fingerprint density at radius 1 is 1.25 bits per heavy atom. The molecule has 0 radical (unpaired) electrons. The van der Waals surface area contributed by atoms with Crippen LogP contribution in [0.5, 0.6) is 0 Å². The Hall–Kier alpha value is -0.900. The van der Waals surface area contributed by atoms with E-state index in [9.17, 15) is 9.59 Å². The van der Waals surface area contributed by atoms with Crippen LogP contribution < -0.4 is 11.3 Å². The van der Waals surface area contributed by atoms with E-state index in [-0.39, 0.29) is 0 Å². The summed E-state index contributed by atoms with van der Waals surface area (Å²) in [6, 6.07) is 0. The smallest absolute Gasteiger partial charge is 0.289 e. The molecule has 1 amide bonds. The van der Waals surface area contributed by atoms with Crippen molar-refractivity contribution in [2.24, 2.45) is 5.84 Å². The van der Waals surface area contributed by atoms with Gasteiger partial charge in [0, 0.05) is 6.42 Å². The van der Waals surface area contributed by atoms with Gasteiger partial charge < -0.3 is 0 Å². The molecular formula is C8H16N2O2. The number of hydrogen-bond acceptors (Lipinski definition) is 3. The van der Waals surface area contributed by atoms with E-state index in [2.05, 4.69) is 6.92 Å². The molecule has 0 aliphatic carbocycles. The molecule has 12 heavy (non-hydrogen) atoms. The zero-order valence-corrected chi connectivity index (χ0v) is 7.43. The molecule has 0 aromatic heterocycles. The van der Waals surface area contributed by atoms with E-state index < -0.39 is 11.7 Å². The summed E-state index contributed by atoms with van der Waals surface area (Å²) in [6.45, 7) is 2.09. The van der Waals surface area contributed by atoms with Crippen LogP contribution in [0, 0.1) is 0 Å². The van der Waals surface area contributed by atoms with Gasteiger partial charge in [0.25, 0.3) is 0 Å². The van der Waals surface area contributed by atoms with Gasteiger partial charge in [-0.05, 0) is 6.42 Å². The van der Waals surface area contributed by atoms with E-state index >= 15 is 0 Å². The molecule has 0 spiro atoms. The first-order valence-electron chi connectivity index (χ1n) is 4.26. The maximum Gasteiger partial charge on any atom is 0.301 e. The molecule has 0 saturated carbocycles. The summed E-state index contributed by atoms with van der Waals surface area (Å²) in [5.41, 5.74) is 1.82. The summed E-state index contributed by atoms with van der Waals surface area (Å²) in [7, 11) is 0. The van der Waals surface area contributed by atoms with Crippen LogP contribution >= 0.6 is 0 Å². The average Bonchev–Trinajstić information content (AvgIpc) is 2.10. The maximum atomic E-state index is 10.8. The number of amides is 1. The van der Waals surface area contributed by atoms with E-state index in [0.717, 1.165) is 25.7 Å². The Kier molecular flexibility index (Phi) is 6.28. The third kappa shape index (κ3) is 4.85. The lowest BCUT2D eigenvalue weighted by atomic mass is 10.1. The van der Waals surface area contributed by atoms with Crippen LogP contribution in [0.2, 0.25) is 0 Å². The summed E-state index contributed by atoms with van der Waals surface area (Å²) in [6.07, 6.45) is 4.32. The molecule has 3 N–H and O–H groups in total. The van der Waals surface area contributed by atoms with E-state index in [4.69, 9.17) is 5.84 Å². The van der Waals surface area contributed by atoms with Gasteiger partial charge in [0.05, 0.1) is 0 Å². The number of Topliss-reactive ketones (excluding diaryl/α,β-unsaturated/α-hetero) is 1. The first kappa shape index (κ1) is 11.1. The summed E-state index contributed by atoms with van der Waals surface area (Å²) in [5.74, 6) is 3.67. The molecule has 0 aromatic carbocycles. The van der Waals surface area contributed by atoms with Gasteiger partial charge in [0.1, 0.15) is 0 Å². The van der Waals surface area contributed by atoms with Crippen LogP contribution in [0.1, 0.15) is 39.0 Å². The van der Waals surface area contributed by atoms with Gasteiger partial charge in [-0.1, -0.05) is 26.2 Å². The Balaban J connectivity index is 3.38. The van der Waals surface area contributed by atoms with Crippen LogP contribution in [0.4, 0.5) is 0 Å². The molecule has 4 nitrogen and oxygen atoms in total. The SMILES string of the molecule is CCCCCCC(=O)C(=O)NN. The molecular weight excluding hydrogens is 156 g/mol. The highest BCUT2D eigenvalue weighted by Crippen LogP contribution is 2.02. The summed E-state index contributed by atoms with van der Waals surface area (Å²) in [4.78, 5) is 21.4. The first-order valence-corrected chi connectivity index (χ1v) is 4.26. The van der Waals surface area contributed by atoms with Crippen molar-refractivity contribution in [3.8, 4) is 0 Å². The third-order valence-electron chi connectivity index (χ3n) is 1.64. The Bertz CT molecular complexity index is 157. The van der Waals surface area contributed by atoms with Crippen LogP contribution in [0.25, 0.3) is 0 Å². The Morgan fingerprint density at radius 3 is 2.42 bits per heavy atom. The Labute approximate surface area is 72.5 Å². The minimum atomic E-state index is -0.688. The molecule has 4 heteroatoms. The van der Waals surface area contributed by atoms with Gasteiger partial charge in [-0.25, -0.2) is 5.84 Å². The predicted molar refractivity (Wildman–Crippen MR) is 46.1 cm³/mol. The van der Waals surface area contributed by atoms with Crippen molar-refractivity contribution in [1.29, 1.82) is 0 Å². The second kappa shape index (κ2) is 6.79. The van der Waals surface area contributed by atoms with Gasteiger partial charge >= 0.3 is 5.91 Å². The quantitative estimate of drug-likeness (QED) is 0.202. The fourth-order valence-electron chi connectivity index (χ4n) is 0.906. The lowest BCUT2D eigenvalue weighted by molar-refractivity contribution is -0.138. The highest BCUT2D eigenvalue weighted by molar-refractivity contribution is 6.35. The number of hydrogen-bond donors (Lipinski definition) is 2. The normalized spacial score (nSPS) is 9.50. The largest absolute Gasteiger partial charge is 0.301 e. The standard InChI is InChI=1S/C8H16N2O2/c1-2-3-4-5-6-7(11)8(12)10-9/h2-6,9H2,1H3,(H,10,12). The molecule has 70 valence electrons. The van der Waals surface area contributed by atoms with Crippen molar-refractivity contribution in [1.82, 2.24) is 5.43 Å². The van der Waals surface area contributed by atoms with Gasteiger partial charge in [-0.15, -0.1) is 0 Å². The lowest BCUT2D eigenvalue weighted by Crippen LogP contribution is -2.36. The van der Waals surface area contributed by atoms with Crippen LogP contribution in [-0.4, -0.2) is 11.7 Å². The fourth-order valence-corrected chi connectivity index (χ4v) is 0.906. The van der Waals surface area contributed by atoms with Crippen molar-refractivity contribution < 1.29 is 9.59 Å². The number of nitrogens with one attached hydrogen (secondary N) is 1. The maximum absolute atomic E-state index is 10.8. The number of hydrazine groups is 1. The van der Waals surface area contributed by atoms with E-state index in [0.29, 0.717) is 6.42 Å². The number of nitrogens with two attached hydrogens (primary N) is 1. The molecule has 0 fully saturated rings. The second-order valence-electron chi connectivity index (χ2n) is 2.71. The minimum Gasteiger partial charge on any atom is -0.289 e. The number of rotatable bonds is 6. The summed E-state index contributed by atoms with van der Waals surface area (Å²) in [5, 5.41) is 0. The monoisotopic (exact) mass is 172 g/mol. The highest BCUT2D eigenvalue weighted by atomic mass is 16.2. The number of unbranched alkanes of at least 4 members (excludes halogenated alkanes) is 3.